The van der Waals surface area contributed by atoms with E-state index < -0.39 is 0 Å². The molecule has 0 heterocycles. The molecule has 0 N–H and O–H groups in total. The molecule has 0 amide bonds. The molecule has 0 aromatic heterocycles. The van der Waals surface area contributed by atoms with Crippen LogP contribution in [-0.4, -0.2) is 0 Å². The van der Waals surface area contributed by atoms with Gasteiger partial charge in [-0.1, -0.05) is 55.7 Å². The van der Waals surface area contributed by atoms with Crippen LogP contribution in [0.4, 0.5) is 0 Å². The lowest BCUT2D eigenvalue weighted by molar-refractivity contribution is 0.621. The predicted octanol–water partition coefficient (Wildman–Crippen LogP) is 4.79. The van der Waals surface area contributed by atoms with Crippen molar-refractivity contribution in [2.45, 2.75) is 51.4 Å². The smallest absolute Gasteiger partial charge is 0.0166 e. The first-order chi connectivity index (χ1) is 7.00. The average molecular weight is 190 g/mol. The maximum atomic E-state index is 2.32. The Morgan fingerprint density at radius 3 is 2.00 bits per heavy atom. The molecule has 78 valence electrons. The minimum absolute atomic E-state index is 1.09. The second-order valence-electron chi connectivity index (χ2n) is 3.91. The summed E-state index contributed by atoms with van der Waals surface area (Å²) >= 11 is 0. The summed E-state index contributed by atoms with van der Waals surface area (Å²) in [5.74, 6) is 0. The molecule has 0 aromatic rings. The van der Waals surface area contributed by atoms with E-state index in [2.05, 4.69) is 36.5 Å². The fourth-order valence-corrected chi connectivity index (χ4v) is 1.68. The standard InChI is InChI=1S/C14H22/c1-2-4-6-8-10-12-14-13-11-9-7-5-3-1/h1-4,7,9H,5-6,8,10-14H2/b3-1-,4-2-,9-7-. The minimum Gasteiger partial charge on any atom is -0.0882 e. The molecule has 0 nitrogen and oxygen atoms in total. The van der Waals surface area contributed by atoms with Gasteiger partial charge in [0.2, 0.25) is 0 Å². The van der Waals surface area contributed by atoms with Gasteiger partial charge in [0.05, 0.1) is 0 Å². The summed E-state index contributed by atoms with van der Waals surface area (Å²) in [5.41, 5.74) is 0. The van der Waals surface area contributed by atoms with E-state index >= 15 is 0 Å². The fraction of sp³-hybridized carbons (Fsp3) is 0.571. The van der Waals surface area contributed by atoms with Gasteiger partial charge in [0.25, 0.3) is 0 Å². The van der Waals surface area contributed by atoms with Gasteiger partial charge in [-0.15, -0.1) is 0 Å². The Labute approximate surface area is 88.4 Å². The van der Waals surface area contributed by atoms with Crippen LogP contribution in [-0.2, 0) is 0 Å². The molecule has 0 radical (unpaired) electrons. The van der Waals surface area contributed by atoms with Crippen molar-refractivity contribution < 1.29 is 0 Å². The Morgan fingerprint density at radius 2 is 1.14 bits per heavy atom. The molecule has 0 atom stereocenters. The van der Waals surface area contributed by atoms with E-state index in [1.165, 1.54) is 44.9 Å². The van der Waals surface area contributed by atoms with Crippen LogP contribution in [0, 0.1) is 0 Å². The van der Waals surface area contributed by atoms with Crippen LogP contribution in [0.5, 0.6) is 0 Å². The Morgan fingerprint density at radius 1 is 0.500 bits per heavy atom. The molecule has 0 bridgehead atoms. The van der Waals surface area contributed by atoms with Gasteiger partial charge in [0.1, 0.15) is 0 Å². The summed E-state index contributed by atoms with van der Waals surface area (Å²) in [5, 5.41) is 0. The molecule has 14 heavy (non-hydrogen) atoms. The van der Waals surface area contributed by atoms with E-state index in [1.807, 2.05) is 0 Å². The van der Waals surface area contributed by atoms with Gasteiger partial charge in [-0.25, -0.2) is 0 Å². The topological polar surface area (TPSA) is 0 Å². The highest BCUT2D eigenvalue weighted by Gasteiger charge is 1.88. The zero-order valence-electron chi connectivity index (χ0n) is 9.12. The first-order valence-corrected chi connectivity index (χ1v) is 5.97. The lowest BCUT2D eigenvalue weighted by Crippen LogP contribution is -1.78. The van der Waals surface area contributed by atoms with E-state index in [0.29, 0.717) is 0 Å². The summed E-state index contributed by atoms with van der Waals surface area (Å²) in [4.78, 5) is 0. The summed E-state index contributed by atoms with van der Waals surface area (Å²) < 4.78 is 0. The molecule has 1 aliphatic rings. The third-order valence-corrected chi connectivity index (χ3v) is 2.56. The average Bonchev–Trinajstić information content (AvgIpc) is 2.22. The predicted molar refractivity (Wildman–Crippen MR) is 64.4 cm³/mol. The van der Waals surface area contributed by atoms with Crippen LogP contribution in [0.15, 0.2) is 36.5 Å². The molecule has 0 saturated carbocycles. The van der Waals surface area contributed by atoms with E-state index in [0.717, 1.165) is 6.42 Å². The van der Waals surface area contributed by atoms with Crippen molar-refractivity contribution >= 4 is 0 Å². The summed E-state index contributed by atoms with van der Waals surface area (Å²) in [6.07, 6.45) is 24.0. The first kappa shape index (κ1) is 11.3. The van der Waals surface area contributed by atoms with E-state index in [9.17, 15) is 0 Å². The highest BCUT2D eigenvalue weighted by molar-refractivity contribution is 5.04. The van der Waals surface area contributed by atoms with Crippen molar-refractivity contribution in [3.8, 4) is 0 Å². The van der Waals surface area contributed by atoms with Gasteiger partial charge in [0, 0.05) is 0 Å². The molecule has 0 aromatic carbocycles. The lowest BCUT2D eigenvalue weighted by atomic mass is 10.1. The Bertz CT molecular complexity index is 196. The quantitative estimate of drug-likeness (QED) is 0.482. The molecule has 1 rings (SSSR count). The van der Waals surface area contributed by atoms with E-state index in [-0.39, 0.29) is 0 Å². The molecule has 0 spiro atoms. The molecule has 0 unspecified atom stereocenters. The third-order valence-electron chi connectivity index (χ3n) is 2.56. The Balaban J connectivity index is 2.26. The van der Waals surface area contributed by atoms with Crippen LogP contribution in [0.25, 0.3) is 0 Å². The van der Waals surface area contributed by atoms with Crippen LogP contribution < -0.4 is 0 Å². The first-order valence-electron chi connectivity index (χ1n) is 5.97. The van der Waals surface area contributed by atoms with Crippen LogP contribution >= 0.6 is 0 Å². The van der Waals surface area contributed by atoms with Gasteiger partial charge in [-0.3, -0.25) is 0 Å². The number of hydrogen-bond donors (Lipinski definition) is 0. The van der Waals surface area contributed by atoms with Crippen molar-refractivity contribution in [2.24, 2.45) is 0 Å². The van der Waals surface area contributed by atoms with E-state index in [4.69, 9.17) is 0 Å². The maximum absolute atomic E-state index is 2.32. The molecular formula is C14H22. The second-order valence-corrected chi connectivity index (χ2v) is 3.91. The zero-order valence-corrected chi connectivity index (χ0v) is 9.12. The molecule has 0 saturated heterocycles. The van der Waals surface area contributed by atoms with Gasteiger partial charge >= 0.3 is 0 Å². The van der Waals surface area contributed by atoms with E-state index in [1.54, 1.807) is 0 Å². The molecule has 0 heteroatoms. The van der Waals surface area contributed by atoms with Crippen molar-refractivity contribution in [2.75, 3.05) is 0 Å². The van der Waals surface area contributed by atoms with Crippen molar-refractivity contribution in [1.82, 2.24) is 0 Å². The molecule has 1 aliphatic carbocycles. The Kier molecular flexibility index (Phi) is 7.10. The summed E-state index contributed by atoms with van der Waals surface area (Å²) in [7, 11) is 0. The van der Waals surface area contributed by atoms with Crippen LogP contribution in [0.1, 0.15) is 51.4 Å². The number of hydrogen-bond acceptors (Lipinski definition) is 0. The normalized spacial score (nSPS) is 27.4. The van der Waals surface area contributed by atoms with Crippen molar-refractivity contribution in [3.05, 3.63) is 36.5 Å². The van der Waals surface area contributed by atoms with Crippen LogP contribution in [0.3, 0.4) is 0 Å². The summed E-state index contributed by atoms with van der Waals surface area (Å²) in [6.45, 7) is 0. The van der Waals surface area contributed by atoms with Gasteiger partial charge in [-0.05, 0) is 32.1 Å². The van der Waals surface area contributed by atoms with Gasteiger partial charge in [-0.2, -0.15) is 0 Å². The zero-order chi connectivity index (χ0) is 9.90. The highest BCUT2D eigenvalue weighted by atomic mass is 13.9. The van der Waals surface area contributed by atoms with Gasteiger partial charge < -0.3 is 0 Å². The van der Waals surface area contributed by atoms with Gasteiger partial charge in [0.15, 0.2) is 0 Å². The minimum atomic E-state index is 1.09. The second kappa shape index (κ2) is 8.80. The lowest BCUT2D eigenvalue weighted by Gasteiger charge is -1.98. The molecule has 0 aliphatic heterocycles. The highest BCUT2D eigenvalue weighted by Crippen LogP contribution is 2.08. The Hall–Kier alpha value is -0.780. The summed E-state index contributed by atoms with van der Waals surface area (Å²) in [6, 6.07) is 0. The number of rotatable bonds is 0. The third kappa shape index (κ3) is 6.71. The molecule has 0 fully saturated rings. The van der Waals surface area contributed by atoms with Crippen LogP contribution in [0.2, 0.25) is 0 Å². The maximum Gasteiger partial charge on any atom is -0.0166 e. The largest absolute Gasteiger partial charge is 0.0882 e. The molecular weight excluding hydrogens is 168 g/mol. The van der Waals surface area contributed by atoms with Crippen molar-refractivity contribution in [3.63, 3.8) is 0 Å². The monoisotopic (exact) mass is 190 g/mol. The number of allylic oxidation sites excluding steroid dienone is 6. The van der Waals surface area contributed by atoms with Crippen molar-refractivity contribution in [1.29, 1.82) is 0 Å². The SMILES string of the molecule is C1=C\C/C=C\CCCCCCC\C=C/1. The fourth-order valence-electron chi connectivity index (χ4n) is 1.68.